The third-order valence-corrected chi connectivity index (χ3v) is 5.95. The van der Waals surface area contributed by atoms with E-state index in [1.54, 1.807) is 6.92 Å². The van der Waals surface area contributed by atoms with Crippen LogP contribution in [-0.4, -0.2) is 51.9 Å². The Morgan fingerprint density at radius 2 is 2.03 bits per heavy atom. The molecule has 2 aliphatic heterocycles. The van der Waals surface area contributed by atoms with Gasteiger partial charge in [0, 0.05) is 69.4 Å². The molecular weight excluding hydrogens is 360 g/mol. The van der Waals surface area contributed by atoms with Crippen LogP contribution in [0.1, 0.15) is 55.3 Å². The quantitative estimate of drug-likeness (QED) is 0.799. The van der Waals surface area contributed by atoms with E-state index >= 15 is 0 Å². The lowest BCUT2D eigenvalue weighted by Crippen LogP contribution is -2.38. The van der Waals surface area contributed by atoms with Crippen LogP contribution in [0.25, 0.3) is 6.08 Å². The summed E-state index contributed by atoms with van der Waals surface area (Å²) in [4.78, 5) is 25.7. The van der Waals surface area contributed by atoms with E-state index in [-0.39, 0.29) is 11.8 Å². The average molecular weight is 391 g/mol. The molecule has 2 aromatic rings. The molecule has 3 heterocycles. The van der Waals surface area contributed by atoms with Crippen LogP contribution >= 0.6 is 0 Å². The molecule has 0 saturated carbocycles. The summed E-state index contributed by atoms with van der Waals surface area (Å²) in [5.41, 5.74) is 5.05. The van der Waals surface area contributed by atoms with Crippen LogP contribution in [0, 0.1) is 0 Å². The molecule has 1 atom stereocenters. The Labute approximate surface area is 173 Å². The van der Waals surface area contributed by atoms with Crippen LogP contribution in [0.4, 0.5) is 0 Å². The Balaban J connectivity index is 1.40. The highest BCUT2D eigenvalue weighted by molar-refractivity contribution is 5.73. The van der Waals surface area contributed by atoms with Crippen molar-refractivity contribution in [2.45, 2.75) is 45.6 Å². The standard InChI is InChI=1S/C24H30N4O/c1-18(13-20-7-4-3-5-8-20)15-27-12-10-23-22(16-27)14-25-24(26-23)21-9-6-11-28(17-21)19(2)29/h3-5,7-8,13-14,21H,6,9-12,15-17H2,1-2H3/b18-13+/t21-/m1/s1. The maximum Gasteiger partial charge on any atom is 0.219 e. The maximum atomic E-state index is 11.7. The zero-order valence-corrected chi connectivity index (χ0v) is 17.5. The number of benzene rings is 1. The van der Waals surface area contributed by atoms with E-state index in [1.165, 1.54) is 22.4 Å². The van der Waals surface area contributed by atoms with Gasteiger partial charge in [-0.3, -0.25) is 9.69 Å². The molecule has 1 amide bonds. The van der Waals surface area contributed by atoms with Crippen molar-refractivity contribution in [2.24, 2.45) is 0 Å². The van der Waals surface area contributed by atoms with E-state index in [1.807, 2.05) is 17.2 Å². The number of amides is 1. The third-order valence-electron chi connectivity index (χ3n) is 5.95. The first-order chi connectivity index (χ1) is 14.1. The number of aromatic nitrogens is 2. The largest absolute Gasteiger partial charge is 0.342 e. The van der Waals surface area contributed by atoms with Crippen LogP contribution in [0.15, 0.2) is 42.1 Å². The molecule has 5 heteroatoms. The molecule has 0 N–H and O–H groups in total. The molecule has 1 fully saturated rings. The first-order valence-electron chi connectivity index (χ1n) is 10.6. The highest BCUT2D eigenvalue weighted by Gasteiger charge is 2.26. The average Bonchev–Trinajstić information content (AvgIpc) is 2.74. The van der Waals surface area contributed by atoms with Crippen molar-refractivity contribution in [3.8, 4) is 0 Å². The fourth-order valence-corrected chi connectivity index (χ4v) is 4.43. The van der Waals surface area contributed by atoms with Gasteiger partial charge in [-0.2, -0.15) is 0 Å². The molecule has 0 radical (unpaired) electrons. The lowest BCUT2D eigenvalue weighted by molar-refractivity contribution is -0.130. The Hall–Kier alpha value is -2.53. The Morgan fingerprint density at radius 1 is 1.21 bits per heavy atom. The second kappa shape index (κ2) is 8.87. The van der Waals surface area contributed by atoms with Crippen molar-refractivity contribution in [2.75, 3.05) is 26.2 Å². The lowest BCUT2D eigenvalue weighted by Gasteiger charge is -2.32. The summed E-state index contributed by atoms with van der Waals surface area (Å²) >= 11 is 0. The van der Waals surface area contributed by atoms with Gasteiger partial charge < -0.3 is 4.90 Å². The Morgan fingerprint density at radius 3 is 2.83 bits per heavy atom. The minimum absolute atomic E-state index is 0.155. The Kier molecular flexibility index (Phi) is 6.05. The second-order valence-corrected chi connectivity index (χ2v) is 8.37. The van der Waals surface area contributed by atoms with E-state index in [9.17, 15) is 4.79 Å². The van der Waals surface area contributed by atoms with Gasteiger partial charge in [0.25, 0.3) is 0 Å². The smallest absolute Gasteiger partial charge is 0.219 e. The summed E-state index contributed by atoms with van der Waals surface area (Å²) in [5.74, 6) is 1.34. The predicted octanol–water partition coefficient (Wildman–Crippen LogP) is 3.66. The summed E-state index contributed by atoms with van der Waals surface area (Å²) in [5, 5.41) is 0. The monoisotopic (exact) mass is 390 g/mol. The summed E-state index contributed by atoms with van der Waals surface area (Å²) in [6.07, 6.45) is 7.35. The number of likely N-dealkylation sites (tertiary alicyclic amines) is 1. The molecule has 0 aliphatic carbocycles. The van der Waals surface area contributed by atoms with Crippen molar-refractivity contribution in [1.82, 2.24) is 19.8 Å². The van der Waals surface area contributed by atoms with Gasteiger partial charge in [0.05, 0.1) is 0 Å². The van der Waals surface area contributed by atoms with Crippen LogP contribution in [-0.2, 0) is 17.8 Å². The topological polar surface area (TPSA) is 49.3 Å². The highest BCUT2D eigenvalue weighted by atomic mass is 16.2. The number of hydrogen-bond acceptors (Lipinski definition) is 4. The van der Waals surface area contributed by atoms with Gasteiger partial charge in [-0.1, -0.05) is 42.0 Å². The van der Waals surface area contributed by atoms with E-state index in [4.69, 9.17) is 9.97 Å². The van der Waals surface area contributed by atoms with Gasteiger partial charge in [-0.15, -0.1) is 0 Å². The number of nitrogens with zero attached hydrogens (tertiary/aromatic N) is 4. The van der Waals surface area contributed by atoms with Gasteiger partial charge in [0.1, 0.15) is 5.82 Å². The molecule has 1 aromatic heterocycles. The van der Waals surface area contributed by atoms with E-state index < -0.39 is 0 Å². The van der Waals surface area contributed by atoms with Crippen molar-refractivity contribution in [3.63, 3.8) is 0 Å². The number of carbonyl (C=O) groups is 1. The maximum absolute atomic E-state index is 11.7. The summed E-state index contributed by atoms with van der Waals surface area (Å²) in [7, 11) is 0. The van der Waals surface area contributed by atoms with Gasteiger partial charge in [-0.25, -0.2) is 9.97 Å². The molecule has 1 saturated heterocycles. The number of hydrogen-bond donors (Lipinski definition) is 0. The molecular formula is C24H30N4O. The Bertz CT molecular complexity index is 893. The van der Waals surface area contributed by atoms with Crippen LogP contribution in [0.3, 0.4) is 0 Å². The van der Waals surface area contributed by atoms with Crippen molar-refractivity contribution < 1.29 is 4.79 Å². The zero-order chi connectivity index (χ0) is 20.2. The number of fused-ring (bicyclic) bond motifs is 1. The molecule has 0 spiro atoms. The van der Waals surface area contributed by atoms with E-state index in [0.29, 0.717) is 0 Å². The molecule has 1 aromatic carbocycles. The van der Waals surface area contributed by atoms with Gasteiger partial charge in [0.2, 0.25) is 5.91 Å². The highest BCUT2D eigenvalue weighted by Crippen LogP contribution is 2.26. The number of piperidine rings is 1. The normalized spacial score (nSPS) is 20.4. The molecule has 0 bridgehead atoms. The summed E-state index contributed by atoms with van der Waals surface area (Å²) < 4.78 is 0. The van der Waals surface area contributed by atoms with Crippen molar-refractivity contribution >= 4 is 12.0 Å². The lowest BCUT2D eigenvalue weighted by atomic mass is 9.96. The fraction of sp³-hybridized carbons (Fsp3) is 0.458. The molecule has 4 rings (SSSR count). The molecule has 152 valence electrons. The first kappa shape index (κ1) is 19.8. The first-order valence-corrected chi connectivity index (χ1v) is 10.6. The minimum atomic E-state index is 0.155. The zero-order valence-electron chi connectivity index (χ0n) is 17.5. The fourth-order valence-electron chi connectivity index (χ4n) is 4.43. The number of carbonyl (C=O) groups excluding carboxylic acids is 1. The number of rotatable bonds is 4. The van der Waals surface area contributed by atoms with Crippen LogP contribution in [0.5, 0.6) is 0 Å². The van der Waals surface area contributed by atoms with E-state index in [2.05, 4.69) is 42.2 Å². The molecule has 0 unspecified atom stereocenters. The summed E-state index contributed by atoms with van der Waals surface area (Å²) in [6.45, 7) is 8.36. The van der Waals surface area contributed by atoms with E-state index in [0.717, 1.165) is 57.8 Å². The molecule has 5 nitrogen and oxygen atoms in total. The van der Waals surface area contributed by atoms with Gasteiger partial charge in [-0.05, 0) is 25.3 Å². The minimum Gasteiger partial charge on any atom is -0.342 e. The van der Waals surface area contributed by atoms with Gasteiger partial charge >= 0.3 is 0 Å². The third kappa shape index (κ3) is 4.91. The molecule has 29 heavy (non-hydrogen) atoms. The van der Waals surface area contributed by atoms with Crippen molar-refractivity contribution in [3.05, 3.63) is 64.7 Å². The second-order valence-electron chi connectivity index (χ2n) is 8.37. The van der Waals surface area contributed by atoms with Gasteiger partial charge in [0.15, 0.2) is 0 Å². The molecule has 2 aliphatic rings. The summed E-state index contributed by atoms with van der Waals surface area (Å²) in [6, 6.07) is 10.5. The predicted molar refractivity (Wildman–Crippen MR) is 115 cm³/mol. The SMILES string of the molecule is CC(=O)N1CCC[C@@H](c2ncc3c(n2)CCN(C/C(C)=C/c2ccccc2)C3)C1. The van der Waals surface area contributed by atoms with Crippen LogP contribution in [0.2, 0.25) is 0 Å². The van der Waals surface area contributed by atoms with Crippen molar-refractivity contribution in [1.29, 1.82) is 0 Å². The van der Waals surface area contributed by atoms with Crippen LogP contribution < -0.4 is 0 Å².